The van der Waals surface area contributed by atoms with Gasteiger partial charge in [-0.1, -0.05) is 11.6 Å². The first-order valence-electron chi connectivity index (χ1n) is 4.00. The first kappa shape index (κ1) is 9.87. The molecule has 72 valence electrons. The van der Waals surface area contributed by atoms with Crippen molar-refractivity contribution in [3.63, 3.8) is 0 Å². The number of pyridine rings is 1. The van der Waals surface area contributed by atoms with Crippen molar-refractivity contribution in [2.75, 3.05) is 0 Å². The smallest absolute Gasteiger partial charge is 0.148 e. The summed E-state index contributed by atoms with van der Waals surface area (Å²) in [5.41, 5.74) is 1.51. The van der Waals surface area contributed by atoms with Crippen molar-refractivity contribution in [1.82, 2.24) is 4.98 Å². The quantitative estimate of drug-likeness (QED) is 0.705. The summed E-state index contributed by atoms with van der Waals surface area (Å²) in [5, 5.41) is 0.762. The lowest BCUT2D eigenvalue weighted by atomic mass is 10.1. The maximum atomic E-state index is 13.7. The molecule has 1 heterocycles. The van der Waals surface area contributed by atoms with Gasteiger partial charge in [-0.05, 0) is 40.5 Å². The van der Waals surface area contributed by atoms with E-state index in [0.717, 1.165) is 5.56 Å². The monoisotopic (exact) mass is 273 g/mol. The molecule has 0 aliphatic carbocycles. The van der Waals surface area contributed by atoms with Gasteiger partial charge in [-0.2, -0.15) is 0 Å². The van der Waals surface area contributed by atoms with Crippen molar-refractivity contribution < 1.29 is 4.39 Å². The molecule has 1 nitrogen and oxygen atoms in total. The van der Waals surface area contributed by atoms with Gasteiger partial charge in [-0.3, -0.25) is 4.98 Å². The average molecular weight is 275 g/mol. The Hall–Kier alpha value is -0.670. The third-order valence-electron chi connectivity index (χ3n) is 2.05. The molecular weight excluding hydrogens is 268 g/mol. The molecular formula is C10H6BrClFN. The van der Waals surface area contributed by atoms with Crippen LogP contribution in [0.3, 0.4) is 0 Å². The summed E-state index contributed by atoms with van der Waals surface area (Å²) in [6.45, 7) is 1.87. The van der Waals surface area contributed by atoms with Crippen molar-refractivity contribution in [3.8, 4) is 0 Å². The van der Waals surface area contributed by atoms with E-state index < -0.39 is 0 Å². The highest BCUT2D eigenvalue weighted by Gasteiger charge is 2.11. The molecule has 0 atom stereocenters. The normalized spacial score (nSPS) is 10.9. The Bertz CT molecular complexity index is 513. The zero-order valence-corrected chi connectivity index (χ0v) is 9.66. The van der Waals surface area contributed by atoms with Gasteiger partial charge in [-0.15, -0.1) is 0 Å². The van der Waals surface area contributed by atoms with Crippen LogP contribution in [0.4, 0.5) is 4.39 Å². The first-order chi connectivity index (χ1) is 6.61. The van der Waals surface area contributed by atoms with E-state index in [2.05, 4.69) is 20.9 Å². The van der Waals surface area contributed by atoms with Crippen LogP contribution in [0.2, 0.25) is 5.02 Å². The van der Waals surface area contributed by atoms with Crippen LogP contribution in [0.15, 0.2) is 22.8 Å². The fourth-order valence-corrected chi connectivity index (χ4v) is 2.16. The Morgan fingerprint density at radius 1 is 1.50 bits per heavy atom. The van der Waals surface area contributed by atoms with Crippen molar-refractivity contribution >= 4 is 38.4 Å². The Balaban J connectivity index is 3.03. The molecule has 0 N–H and O–H groups in total. The number of hydrogen-bond acceptors (Lipinski definition) is 1. The van der Waals surface area contributed by atoms with Gasteiger partial charge in [-0.25, -0.2) is 4.39 Å². The SMILES string of the molecule is Cc1cc(Br)c(F)c2c(Cl)ccnc12. The third kappa shape index (κ3) is 1.41. The molecule has 1 aromatic heterocycles. The van der Waals surface area contributed by atoms with E-state index in [4.69, 9.17) is 11.6 Å². The Morgan fingerprint density at radius 2 is 2.21 bits per heavy atom. The van der Waals surface area contributed by atoms with E-state index in [0.29, 0.717) is 20.4 Å². The fraction of sp³-hybridized carbons (Fsp3) is 0.100. The maximum absolute atomic E-state index is 13.7. The second-order valence-electron chi connectivity index (χ2n) is 3.01. The lowest BCUT2D eigenvalue weighted by Crippen LogP contribution is -1.89. The van der Waals surface area contributed by atoms with Crippen LogP contribution in [-0.4, -0.2) is 4.98 Å². The van der Waals surface area contributed by atoms with Gasteiger partial charge >= 0.3 is 0 Å². The van der Waals surface area contributed by atoms with Gasteiger partial charge < -0.3 is 0 Å². The minimum atomic E-state index is -0.358. The molecule has 0 saturated carbocycles. The molecule has 0 fully saturated rings. The Morgan fingerprint density at radius 3 is 2.93 bits per heavy atom. The van der Waals surface area contributed by atoms with Gasteiger partial charge in [0.2, 0.25) is 0 Å². The van der Waals surface area contributed by atoms with Gasteiger partial charge in [0.25, 0.3) is 0 Å². The molecule has 0 radical (unpaired) electrons. The first-order valence-corrected chi connectivity index (χ1v) is 5.17. The summed E-state index contributed by atoms with van der Waals surface area (Å²) >= 11 is 9.05. The number of nitrogens with zero attached hydrogens (tertiary/aromatic N) is 1. The van der Waals surface area contributed by atoms with Crippen molar-refractivity contribution in [2.24, 2.45) is 0 Å². The van der Waals surface area contributed by atoms with Crippen LogP contribution >= 0.6 is 27.5 Å². The van der Waals surface area contributed by atoms with Crippen LogP contribution < -0.4 is 0 Å². The molecule has 0 bridgehead atoms. The standard InChI is InChI=1S/C10H6BrClFN/c1-5-4-6(11)9(13)8-7(12)2-3-14-10(5)8/h2-4H,1H3. The predicted octanol–water partition coefficient (Wildman–Crippen LogP) is 4.10. The minimum Gasteiger partial charge on any atom is -0.256 e. The largest absolute Gasteiger partial charge is 0.256 e. The van der Waals surface area contributed by atoms with E-state index in [1.165, 1.54) is 0 Å². The average Bonchev–Trinajstić information content (AvgIpc) is 2.14. The second-order valence-corrected chi connectivity index (χ2v) is 4.27. The van der Waals surface area contributed by atoms with Crippen molar-refractivity contribution in [1.29, 1.82) is 0 Å². The third-order valence-corrected chi connectivity index (χ3v) is 2.94. The molecule has 0 aliphatic heterocycles. The topological polar surface area (TPSA) is 12.9 Å². The van der Waals surface area contributed by atoms with Crippen LogP contribution in [-0.2, 0) is 0 Å². The van der Waals surface area contributed by atoms with Gasteiger partial charge in [0.1, 0.15) is 5.82 Å². The predicted molar refractivity (Wildman–Crippen MR) is 59.1 cm³/mol. The van der Waals surface area contributed by atoms with E-state index in [1.54, 1.807) is 18.3 Å². The maximum Gasteiger partial charge on any atom is 0.148 e. The second kappa shape index (κ2) is 3.48. The van der Waals surface area contributed by atoms with Crippen LogP contribution in [0, 0.1) is 12.7 Å². The summed E-state index contributed by atoms with van der Waals surface area (Å²) in [7, 11) is 0. The number of rotatable bonds is 0. The lowest BCUT2D eigenvalue weighted by Gasteiger charge is -2.05. The Kier molecular flexibility index (Phi) is 2.45. The molecule has 14 heavy (non-hydrogen) atoms. The Labute approximate surface area is 94.0 Å². The van der Waals surface area contributed by atoms with Crippen molar-refractivity contribution in [2.45, 2.75) is 6.92 Å². The fourth-order valence-electron chi connectivity index (χ4n) is 1.39. The zero-order chi connectivity index (χ0) is 10.3. The minimum absolute atomic E-state index is 0.358. The lowest BCUT2D eigenvalue weighted by molar-refractivity contribution is 0.633. The van der Waals surface area contributed by atoms with Crippen molar-refractivity contribution in [3.05, 3.63) is 39.2 Å². The molecule has 0 saturated heterocycles. The highest BCUT2D eigenvalue weighted by Crippen LogP contribution is 2.31. The molecule has 4 heteroatoms. The molecule has 2 aromatic rings. The molecule has 1 aromatic carbocycles. The summed E-state index contributed by atoms with van der Waals surface area (Å²) in [6, 6.07) is 3.28. The van der Waals surface area contributed by atoms with Gasteiger partial charge in [0, 0.05) is 6.20 Å². The van der Waals surface area contributed by atoms with E-state index in [1.807, 2.05) is 6.92 Å². The molecule has 0 unspecified atom stereocenters. The summed E-state index contributed by atoms with van der Waals surface area (Å²) in [5.74, 6) is -0.358. The summed E-state index contributed by atoms with van der Waals surface area (Å²) < 4.78 is 14.1. The zero-order valence-electron chi connectivity index (χ0n) is 7.31. The molecule has 2 rings (SSSR count). The number of hydrogen-bond donors (Lipinski definition) is 0. The molecule has 0 aliphatic rings. The van der Waals surface area contributed by atoms with Crippen LogP contribution in [0.1, 0.15) is 5.56 Å². The number of halogens is 3. The summed E-state index contributed by atoms with van der Waals surface area (Å²) in [6.07, 6.45) is 1.57. The molecule has 0 spiro atoms. The van der Waals surface area contributed by atoms with Gasteiger partial charge in [0.15, 0.2) is 0 Å². The van der Waals surface area contributed by atoms with E-state index in [9.17, 15) is 4.39 Å². The van der Waals surface area contributed by atoms with Crippen LogP contribution in [0.5, 0.6) is 0 Å². The highest BCUT2D eigenvalue weighted by atomic mass is 79.9. The molecule has 0 amide bonds. The number of aryl methyl sites for hydroxylation is 1. The summed E-state index contributed by atoms with van der Waals surface area (Å²) in [4.78, 5) is 4.10. The highest BCUT2D eigenvalue weighted by molar-refractivity contribution is 9.10. The van der Waals surface area contributed by atoms with E-state index in [-0.39, 0.29) is 5.82 Å². The number of benzene rings is 1. The number of aromatic nitrogens is 1. The van der Waals surface area contributed by atoms with Crippen LogP contribution in [0.25, 0.3) is 10.9 Å². The van der Waals surface area contributed by atoms with Gasteiger partial charge in [0.05, 0.1) is 20.4 Å². The number of fused-ring (bicyclic) bond motifs is 1. The van der Waals surface area contributed by atoms with E-state index >= 15 is 0 Å².